The Hall–Kier alpha value is -2.20. The van der Waals surface area contributed by atoms with Crippen LogP contribution in [0.5, 0.6) is 0 Å². The van der Waals surface area contributed by atoms with E-state index in [9.17, 15) is 19.2 Å². The number of carbonyl (C=O) groups excluding carboxylic acids is 4. The molecule has 3 atom stereocenters. The molecule has 0 aliphatic heterocycles. The zero-order valence-corrected chi connectivity index (χ0v) is 38.6. The van der Waals surface area contributed by atoms with Crippen LogP contribution in [0.4, 0.5) is 0 Å². The van der Waals surface area contributed by atoms with E-state index in [1.807, 2.05) is 34.9 Å². The monoisotopic (exact) mass is 813 g/mol. The summed E-state index contributed by atoms with van der Waals surface area (Å²) < 4.78 is 22.4. The summed E-state index contributed by atoms with van der Waals surface area (Å²) in [6.07, 6.45) is 26.3. The third kappa shape index (κ3) is 41.8. The number of esters is 4. The largest absolute Gasteiger partial charge is 0.464 e. The average Bonchev–Trinajstić information content (AvgIpc) is 3.19. The third-order valence-corrected chi connectivity index (χ3v) is 10.1. The third-order valence-electron chi connectivity index (χ3n) is 10.1. The van der Waals surface area contributed by atoms with Crippen LogP contribution in [0.1, 0.15) is 221 Å². The summed E-state index contributed by atoms with van der Waals surface area (Å²) >= 11 is 0. The van der Waals surface area contributed by atoms with Crippen LogP contribution < -0.4 is 5.32 Å². The predicted molar refractivity (Wildman–Crippen MR) is 235 cm³/mol. The van der Waals surface area contributed by atoms with Gasteiger partial charge in [0.2, 0.25) is 0 Å². The van der Waals surface area contributed by atoms with E-state index in [1.165, 1.54) is 64.2 Å². The van der Waals surface area contributed by atoms with E-state index in [0.29, 0.717) is 38.5 Å². The molecule has 0 spiro atoms. The lowest BCUT2D eigenvalue weighted by molar-refractivity contribution is -0.150. The van der Waals surface area contributed by atoms with E-state index in [2.05, 4.69) is 31.0 Å². The molecule has 0 aromatic rings. The predicted octanol–water partition coefficient (Wildman–Crippen LogP) is 11.4. The number of rotatable bonds is 40. The molecule has 0 fully saturated rings. The van der Waals surface area contributed by atoms with Crippen LogP contribution in [-0.2, 0) is 38.1 Å². The van der Waals surface area contributed by atoms with Crippen molar-refractivity contribution in [2.75, 3.05) is 40.4 Å². The zero-order chi connectivity index (χ0) is 42.8. The van der Waals surface area contributed by atoms with E-state index >= 15 is 0 Å². The Morgan fingerprint density at radius 2 is 0.912 bits per heavy atom. The fourth-order valence-electron chi connectivity index (χ4n) is 6.48. The fourth-order valence-corrected chi connectivity index (χ4v) is 6.48. The first-order valence-electron chi connectivity index (χ1n) is 23.7. The molecular formula is C47H92N2O8. The van der Waals surface area contributed by atoms with Crippen molar-refractivity contribution in [3.05, 3.63) is 0 Å². The molecule has 338 valence electrons. The maximum Gasteiger partial charge on any atom is 0.306 e. The lowest BCUT2D eigenvalue weighted by Gasteiger charge is -2.19. The van der Waals surface area contributed by atoms with Crippen LogP contribution in [0, 0.1) is 0 Å². The van der Waals surface area contributed by atoms with Crippen molar-refractivity contribution in [1.82, 2.24) is 10.2 Å². The van der Waals surface area contributed by atoms with Gasteiger partial charge in [0.15, 0.2) is 0 Å². The Morgan fingerprint density at radius 3 is 1.37 bits per heavy atom. The minimum atomic E-state index is -0.274. The maximum absolute atomic E-state index is 12.5. The van der Waals surface area contributed by atoms with Crippen LogP contribution in [0.15, 0.2) is 0 Å². The highest BCUT2D eigenvalue weighted by Crippen LogP contribution is 2.16. The van der Waals surface area contributed by atoms with Gasteiger partial charge in [0.1, 0.15) is 19.3 Å². The second kappa shape index (κ2) is 43.4. The molecule has 1 N–H and O–H groups in total. The summed E-state index contributed by atoms with van der Waals surface area (Å²) in [6.45, 7) is 14.4. The Balaban J connectivity index is 0. The zero-order valence-electron chi connectivity index (χ0n) is 38.6. The van der Waals surface area contributed by atoms with Crippen LogP contribution >= 0.6 is 0 Å². The van der Waals surface area contributed by atoms with E-state index < -0.39 is 0 Å². The maximum atomic E-state index is 12.5. The number of nitrogens with one attached hydrogen (secondary N) is 1. The normalized spacial score (nSPS) is 12.6. The highest BCUT2D eigenvalue weighted by molar-refractivity contribution is 5.70. The van der Waals surface area contributed by atoms with Gasteiger partial charge in [-0.05, 0) is 98.3 Å². The molecule has 10 heteroatoms. The molecule has 0 saturated heterocycles. The van der Waals surface area contributed by atoms with Gasteiger partial charge in [-0.2, -0.15) is 0 Å². The molecule has 3 unspecified atom stereocenters. The van der Waals surface area contributed by atoms with E-state index in [1.54, 1.807) is 0 Å². The Bertz CT molecular complexity index is 931. The van der Waals surface area contributed by atoms with Crippen LogP contribution in [0.2, 0.25) is 0 Å². The molecular weight excluding hydrogens is 721 g/mol. The molecule has 0 rings (SSSR count). The molecule has 57 heavy (non-hydrogen) atoms. The molecule has 0 saturated carbocycles. The van der Waals surface area contributed by atoms with Crippen LogP contribution in [0.3, 0.4) is 0 Å². The van der Waals surface area contributed by atoms with Crippen molar-refractivity contribution in [3.63, 3.8) is 0 Å². The quantitative estimate of drug-likeness (QED) is 0.0364. The summed E-state index contributed by atoms with van der Waals surface area (Å²) in [5.41, 5.74) is 0. The van der Waals surface area contributed by atoms with Gasteiger partial charge in [0.05, 0.1) is 12.1 Å². The van der Waals surface area contributed by atoms with Gasteiger partial charge in [-0.3, -0.25) is 19.2 Å². The number of hydrogen-bond acceptors (Lipinski definition) is 10. The Morgan fingerprint density at radius 1 is 0.509 bits per heavy atom. The van der Waals surface area contributed by atoms with Gasteiger partial charge in [-0.1, -0.05) is 125 Å². The van der Waals surface area contributed by atoms with E-state index in [-0.39, 0.29) is 55.3 Å². The van der Waals surface area contributed by atoms with Crippen LogP contribution in [0.25, 0.3) is 0 Å². The van der Waals surface area contributed by atoms with Crippen molar-refractivity contribution >= 4 is 23.9 Å². The standard InChI is InChI=1S/C45H86N2O8.C2H6/c1-7-10-12-14-16-22-29-39(4)54-44(50)33-26-20-18-24-31-42(48)52-37-40(46-35-28-36-47(5)6)38-53-43(49)32-25-19-21-27-34-45(51)55-41(9-3)30-23-17-15-13-11-8-2;1-2/h39-41,46H,7-38H2,1-6H3;1-2H3. The number of hydrogen-bond donors (Lipinski definition) is 1. The molecule has 0 aromatic heterocycles. The Kier molecular flexibility index (Phi) is 43.3. The smallest absolute Gasteiger partial charge is 0.306 e. The van der Waals surface area contributed by atoms with Gasteiger partial charge in [0.25, 0.3) is 0 Å². The van der Waals surface area contributed by atoms with Crippen molar-refractivity contribution in [2.24, 2.45) is 0 Å². The van der Waals surface area contributed by atoms with Crippen molar-refractivity contribution in [2.45, 2.75) is 240 Å². The molecule has 0 amide bonds. The van der Waals surface area contributed by atoms with Gasteiger partial charge in [0, 0.05) is 25.7 Å². The molecule has 0 aliphatic carbocycles. The van der Waals surface area contributed by atoms with Gasteiger partial charge >= 0.3 is 23.9 Å². The lowest BCUT2D eigenvalue weighted by atomic mass is 10.1. The van der Waals surface area contributed by atoms with E-state index in [4.69, 9.17) is 18.9 Å². The molecule has 0 aromatic carbocycles. The summed E-state index contributed by atoms with van der Waals surface area (Å²) in [7, 11) is 4.05. The van der Waals surface area contributed by atoms with Crippen molar-refractivity contribution in [3.8, 4) is 0 Å². The molecule has 0 heterocycles. The molecule has 0 radical (unpaired) electrons. The summed E-state index contributed by atoms with van der Waals surface area (Å²) in [5, 5.41) is 3.38. The minimum Gasteiger partial charge on any atom is -0.464 e. The highest BCUT2D eigenvalue weighted by Gasteiger charge is 2.16. The Labute approximate surface area is 351 Å². The first-order chi connectivity index (χ1) is 27.6. The second-order valence-electron chi connectivity index (χ2n) is 15.9. The average molecular weight is 813 g/mol. The van der Waals surface area contributed by atoms with E-state index in [0.717, 1.165) is 90.1 Å². The minimum absolute atomic E-state index is 0.0246. The SMILES string of the molecule is CC.CCCCCCCCC(C)OC(=O)CCCCCCC(=O)OCC(COC(=O)CCCCCCC(=O)OC(CC)CCCCCCCC)NCCCN(C)C. The fraction of sp³-hybridized carbons (Fsp3) is 0.915. The number of ether oxygens (including phenoxy) is 4. The topological polar surface area (TPSA) is 120 Å². The lowest BCUT2D eigenvalue weighted by Crippen LogP contribution is -2.40. The van der Waals surface area contributed by atoms with Crippen molar-refractivity contribution in [1.29, 1.82) is 0 Å². The van der Waals surface area contributed by atoms with Crippen LogP contribution in [-0.4, -0.2) is 87.4 Å². The second-order valence-corrected chi connectivity index (χ2v) is 15.9. The van der Waals surface area contributed by atoms with Gasteiger partial charge in [-0.25, -0.2) is 0 Å². The number of carbonyl (C=O) groups is 4. The number of nitrogens with zero attached hydrogens (tertiary/aromatic N) is 1. The molecule has 0 aliphatic rings. The summed E-state index contributed by atoms with van der Waals surface area (Å²) in [5.74, 6) is -0.764. The first kappa shape index (κ1) is 56.9. The summed E-state index contributed by atoms with van der Waals surface area (Å²) in [4.78, 5) is 51.6. The molecule has 0 bridgehead atoms. The molecule has 10 nitrogen and oxygen atoms in total. The van der Waals surface area contributed by atoms with Gasteiger partial charge < -0.3 is 29.2 Å². The number of unbranched alkanes of at least 4 members (excludes halogenated alkanes) is 16. The highest BCUT2D eigenvalue weighted by atomic mass is 16.6. The van der Waals surface area contributed by atoms with Crippen molar-refractivity contribution < 1.29 is 38.1 Å². The first-order valence-corrected chi connectivity index (χ1v) is 23.7. The van der Waals surface area contributed by atoms with Gasteiger partial charge in [-0.15, -0.1) is 0 Å². The summed E-state index contributed by atoms with van der Waals surface area (Å²) in [6, 6.07) is -0.274.